The van der Waals surface area contributed by atoms with E-state index in [-0.39, 0.29) is 22.5 Å². The Morgan fingerprint density at radius 1 is 0.714 bits per heavy atom. The summed E-state index contributed by atoms with van der Waals surface area (Å²) in [6, 6.07) is 27.4. The van der Waals surface area contributed by atoms with E-state index < -0.39 is 51.9 Å². The Kier molecular flexibility index (Phi) is 11.4. The van der Waals surface area contributed by atoms with Crippen LogP contribution in [0.25, 0.3) is 6.08 Å². The standard InChI is InChI=1S/C36H23Cl2F4N3O3S/c37-23-15-14-22(26(38)17-23)16-29(44-34(46)21-10-5-2-6-11-21)35(47)43-24-12-7-13-25(18-24)49-33(20-8-3-1-4-9-20)36(48)45-32-30(41)27(39)19-28(40)31(32)42/h1-19,33H,(H,43,47)(H,44,46)(H,45,48)/b29-16+. The fraction of sp³-hybridized carbons (Fsp3) is 0.0278. The molecule has 0 saturated heterocycles. The molecule has 0 spiro atoms. The quantitative estimate of drug-likeness (QED) is 0.0580. The molecule has 1 atom stereocenters. The number of thioether (sulfide) groups is 1. The molecule has 248 valence electrons. The second kappa shape index (κ2) is 15.9. The third kappa shape index (κ3) is 8.88. The molecule has 3 N–H and O–H groups in total. The lowest BCUT2D eigenvalue weighted by molar-refractivity contribution is -0.116. The highest BCUT2D eigenvalue weighted by atomic mass is 35.5. The first-order valence-corrected chi connectivity index (χ1v) is 15.9. The summed E-state index contributed by atoms with van der Waals surface area (Å²) in [4.78, 5) is 40.4. The SMILES string of the molecule is O=C(Nc1cccc(SC(C(=O)Nc2c(F)c(F)cc(F)c2F)c2ccccc2)c1)/C(=C\c1ccc(Cl)cc1Cl)NC(=O)c1ccccc1. The van der Waals surface area contributed by atoms with Gasteiger partial charge in [0.05, 0.1) is 0 Å². The third-order valence-electron chi connectivity index (χ3n) is 6.84. The lowest BCUT2D eigenvalue weighted by Gasteiger charge is -2.18. The zero-order valence-corrected chi connectivity index (χ0v) is 27.3. The molecule has 6 nitrogen and oxygen atoms in total. The van der Waals surface area contributed by atoms with Crippen molar-refractivity contribution in [2.45, 2.75) is 10.1 Å². The van der Waals surface area contributed by atoms with Crippen LogP contribution in [0, 0.1) is 23.3 Å². The molecule has 0 saturated carbocycles. The minimum Gasteiger partial charge on any atom is -0.321 e. The molecular formula is C36H23Cl2F4N3O3S. The topological polar surface area (TPSA) is 87.3 Å². The minimum atomic E-state index is -1.75. The first-order valence-electron chi connectivity index (χ1n) is 14.3. The largest absolute Gasteiger partial charge is 0.321 e. The summed E-state index contributed by atoms with van der Waals surface area (Å²) in [5.74, 6) is -9.09. The van der Waals surface area contributed by atoms with Crippen molar-refractivity contribution in [1.29, 1.82) is 0 Å². The van der Waals surface area contributed by atoms with Crippen LogP contribution in [0.5, 0.6) is 0 Å². The van der Waals surface area contributed by atoms with Gasteiger partial charge in [0.25, 0.3) is 11.8 Å². The van der Waals surface area contributed by atoms with E-state index in [1.165, 1.54) is 18.2 Å². The van der Waals surface area contributed by atoms with E-state index in [1.807, 2.05) is 5.32 Å². The van der Waals surface area contributed by atoms with Crippen LogP contribution >= 0.6 is 35.0 Å². The second-order valence-electron chi connectivity index (χ2n) is 10.3. The van der Waals surface area contributed by atoms with Gasteiger partial charge in [-0.2, -0.15) is 0 Å². The first kappa shape index (κ1) is 35.2. The third-order valence-corrected chi connectivity index (χ3v) is 8.65. The number of carbonyl (C=O) groups excluding carboxylic acids is 3. The number of hydrogen-bond acceptors (Lipinski definition) is 4. The maximum absolute atomic E-state index is 14.4. The molecular weight excluding hydrogens is 701 g/mol. The van der Waals surface area contributed by atoms with Gasteiger partial charge in [-0.15, -0.1) is 11.8 Å². The van der Waals surface area contributed by atoms with E-state index in [2.05, 4.69) is 10.6 Å². The van der Waals surface area contributed by atoms with Crippen LogP contribution in [0.4, 0.5) is 28.9 Å². The highest BCUT2D eigenvalue weighted by molar-refractivity contribution is 8.00. The summed E-state index contributed by atoms with van der Waals surface area (Å²) >= 11 is 13.3. The summed E-state index contributed by atoms with van der Waals surface area (Å²) in [6.07, 6.45) is 1.39. The molecule has 0 fully saturated rings. The number of amides is 3. The monoisotopic (exact) mass is 723 g/mol. The molecule has 0 radical (unpaired) electrons. The summed E-state index contributed by atoms with van der Waals surface area (Å²) in [5.41, 5.74) is -0.0458. The van der Waals surface area contributed by atoms with Gasteiger partial charge < -0.3 is 16.0 Å². The van der Waals surface area contributed by atoms with Crippen LogP contribution < -0.4 is 16.0 Å². The van der Waals surface area contributed by atoms with Crippen LogP contribution in [0.1, 0.15) is 26.7 Å². The second-order valence-corrected chi connectivity index (χ2v) is 12.3. The Morgan fingerprint density at radius 3 is 2.02 bits per heavy atom. The normalized spacial score (nSPS) is 11.8. The van der Waals surface area contributed by atoms with Crippen LogP contribution in [0.3, 0.4) is 0 Å². The minimum absolute atomic E-state index is 0.0430. The molecule has 13 heteroatoms. The maximum atomic E-state index is 14.4. The lowest BCUT2D eigenvalue weighted by atomic mass is 10.1. The number of anilines is 2. The van der Waals surface area contributed by atoms with Gasteiger partial charge in [0, 0.05) is 32.3 Å². The van der Waals surface area contributed by atoms with Crippen molar-refractivity contribution < 1.29 is 31.9 Å². The average molecular weight is 725 g/mol. The van der Waals surface area contributed by atoms with Gasteiger partial charge in [-0.05, 0) is 59.7 Å². The van der Waals surface area contributed by atoms with Gasteiger partial charge >= 0.3 is 0 Å². The average Bonchev–Trinajstić information content (AvgIpc) is 3.09. The van der Waals surface area contributed by atoms with Gasteiger partial charge in [0.2, 0.25) is 5.91 Å². The van der Waals surface area contributed by atoms with Gasteiger partial charge in [0.1, 0.15) is 16.6 Å². The summed E-state index contributed by atoms with van der Waals surface area (Å²) < 4.78 is 56.5. The molecule has 49 heavy (non-hydrogen) atoms. The molecule has 0 bridgehead atoms. The van der Waals surface area contributed by atoms with E-state index in [1.54, 1.807) is 91.0 Å². The van der Waals surface area contributed by atoms with Crippen LogP contribution in [0.15, 0.2) is 120 Å². The molecule has 0 aliphatic rings. The summed E-state index contributed by atoms with van der Waals surface area (Å²) in [5, 5.41) is 6.74. The van der Waals surface area contributed by atoms with E-state index >= 15 is 0 Å². The number of rotatable bonds is 10. The number of nitrogens with one attached hydrogen (secondary N) is 3. The molecule has 5 aromatic carbocycles. The van der Waals surface area contributed by atoms with Crippen molar-refractivity contribution in [2.24, 2.45) is 0 Å². The van der Waals surface area contributed by atoms with Gasteiger partial charge in [-0.3, -0.25) is 14.4 Å². The van der Waals surface area contributed by atoms with Gasteiger partial charge in [-0.25, -0.2) is 17.6 Å². The Labute approximate surface area is 292 Å². The molecule has 0 heterocycles. The van der Waals surface area contributed by atoms with E-state index in [0.29, 0.717) is 26.6 Å². The lowest BCUT2D eigenvalue weighted by Crippen LogP contribution is -2.30. The van der Waals surface area contributed by atoms with Crippen molar-refractivity contribution >= 4 is 70.1 Å². The van der Waals surface area contributed by atoms with Crippen molar-refractivity contribution in [3.05, 3.63) is 165 Å². The fourth-order valence-electron chi connectivity index (χ4n) is 4.47. The van der Waals surface area contributed by atoms with Crippen molar-refractivity contribution in [2.75, 3.05) is 10.6 Å². The smallest absolute Gasteiger partial charge is 0.272 e. The van der Waals surface area contributed by atoms with Crippen LogP contribution in [-0.2, 0) is 9.59 Å². The first-order chi connectivity index (χ1) is 23.5. The highest BCUT2D eigenvalue weighted by Crippen LogP contribution is 2.38. The molecule has 1 unspecified atom stereocenters. The Hall–Kier alpha value is -5.10. The molecule has 5 aromatic rings. The molecule has 3 amide bonds. The summed E-state index contributed by atoms with van der Waals surface area (Å²) in [7, 11) is 0. The molecule has 0 aliphatic carbocycles. The van der Waals surface area contributed by atoms with E-state index in [4.69, 9.17) is 23.2 Å². The number of benzene rings is 5. The number of hydrogen-bond donors (Lipinski definition) is 3. The molecule has 5 rings (SSSR count). The van der Waals surface area contributed by atoms with Crippen molar-refractivity contribution in [1.82, 2.24) is 5.32 Å². The van der Waals surface area contributed by atoms with E-state index in [9.17, 15) is 31.9 Å². The predicted octanol–water partition coefficient (Wildman–Crippen LogP) is 9.43. The zero-order valence-electron chi connectivity index (χ0n) is 24.9. The highest BCUT2D eigenvalue weighted by Gasteiger charge is 2.27. The van der Waals surface area contributed by atoms with Gasteiger partial charge in [0.15, 0.2) is 23.3 Å². The maximum Gasteiger partial charge on any atom is 0.272 e. The predicted molar refractivity (Wildman–Crippen MR) is 183 cm³/mol. The number of carbonyl (C=O) groups is 3. The number of halogens is 6. The van der Waals surface area contributed by atoms with Crippen molar-refractivity contribution in [3.8, 4) is 0 Å². The fourth-order valence-corrected chi connectivity index (χ4v) is 6.02. The van der Waals surface area contributed by atoms with Gasteiger partial charge in [-0.1, -0.05) is 83.9 Å². The molecule has 0 aromatic heterocycles. The van der Waals surface area contributed by atoms with E-state index in [0.717, 1.165) is 11.8 Å². The summed E-state index contributed by atoms with van der Waals surface area (Å²) in [6.45, 7) is 0. The molecule has 0 aliphatic heterocycles. The Bertz CT molecular complexity index is 2040. The van der Waals surface area contributed by atoms with Crippen LogP contribution in [0.2, 0.25) is 10.0 Å². The Balaban J connectivity index is 1.41. The van der Waals surface area contributed by atoms with Crippen LogP contribution in [-0.4, -0.2) is 17.7 Å². The Morgan fingerprint density at radius 2 is 1.37 bits per heavy atom. The van der Waals surface area contributed by atoms with Crippen molar-refractivity contribution in [3.63, 3.8) is 0 Å². The zero-order chi connectivity index (χ0) is 35.1.